The molecule has 1 aliphatic rings. The van der Waals surface area contributed by atoms with Gasteiger partial charge in [-0.25, -0.2) is 4.98 Å². The number of aromatic nitrogens is 4. The van der Waals surface area contributed by atoms with Crippen LogP contribution in [0.1, 0.15) is 17.4 Å². The fourth-order valence-corrected chi connectivity index (χ4v) is 3.42. The summed E-state index contributed by atoms with van der Waals surface area (Å²) >= 11 is 0. The maximum atomic E-state index is 10.3. The van der Waals surface area contributed by atoms with Gasteiger partial charge in [0.1, 0.15) is 18.3 Å². The molecule has 10 heteroatoms. The predicted molar refractivity (Wildman–Crippen MR) is 103 cm³/mol. The quantitative estimate of drug-likeness (QED) is 0.446. The first kappa shape index (κ1) is 19.5. The third-order valence-electron chi connectivity index (χ3n) is 5.08. The molecule has 0 bridgehead atoms. The first-order valence-electron chi connectivity index (χ1n) is 9.29. The van der Waals surface area contributed by atoms with Crippen molar-refractivity contribution >= 4 is 17.0 Å². The lowest BCUT2D eigenvalue weighted by Crippen LogP contribution is -2.33. The van der Waals surface area contributed by atoms with Crippen LogP contribution in [-0.4, -0.2) is 66.4 Å². The molecule has 1 aromatic carbocycles. The van der Waals surface area contributed by atoms with Crippen molar-refractivity contribution in [1.29, 1.82) is 0 Å². The average molecular weight is 401 g/mol. The van der Waals surface area contributed by atoms with Crippen molar-refractivity contribution in [3.63, 3.8) is 0 Å². The van der Waals surface area contributed by atoms with Gasteiger partial charge < -0.3 is 30.5 Å². The molecule has 3 aromatic rings. The number of aryl methyl sites for hydroxylation is 1. The number of hydrogen-bond acceptors (Lipinski definition) is 9. The van der Waals surface area contributed by atoms with E-state index < -0.39 is 31.1 Å². The van der Waals surface area contributed by atoms with Crippen molar-refractivity contribution in [2.75, 3.05) is 18.9 Å². The molecule has 29 heavy (non-hydrogen) atoms. The smallest absolute Gasteiger partial charge is 0.320 e. The zero-order chi connectivity index (χ0) is 20.5. The minimum Gasteiger partial charge on any atom is -0.463 e. The van der Waals surface area contributed by atoms with Crippen molar-refractivity contribution in [1.82, 2.24) is 19.5 Å². The minimum absolute atomic E-state index is 0.0806. The number of aliphatic hydroxyl groups is 3. The lowest BCUT2D eigenvalue weighted by atomic mass is 10.1. The van der Waals surface area contributed by atoms with E-state index >= 15 is 0 Å². The van der Waals surface area contributed by atoms with Crippen LogP contribution in [0.15, 0.2) is 30.6 Å². The summed E-state index contributed by atoms with van der Waals surface area (Å²) in [6, 6.07) is 8.11. The first-order chi connectivity index (χ1) is 14.0. The monoisotopic (exact) mass is 401 g/mol. The topological polar surface area (TPSA) is 149 Å². The van der Waals surface area contributed by atoms with Crippen LogP contribution in [0.3, 0.4) is 0 Å². The Labute approximate surface area is 166 Å². The van der Waals surface area contributed by atoms with E-state index in [1.807, 2.05) is 31.2 Å². The molecular weight excluding hydrogens is 378 g/mol. The Morgan fingerprint density at radius 2 is 2.00 bits per heavy atom. The van der Waals surface area contributed by atoms with Crippen LogP contribution in [0, 0.1) is 6.92 Å². The van der Waals surface area contributed by atoms with Gasteiger partial charge in [0.15, 0.2) is 23.2 Å². The summed E-state index contributed by atoms with van der Waals surface area (Å²) < 4.78 is 12.7. The number of benzene rings is 1. The summed E-state index contributed by atoms with van der Waals surface area (Å²) in [6.07, 6.45) is -2.29. The molecule has 2 aromatic heterocycles. The number of aliphatic hydroxyl groups excluding tert-OH is 3. The van der Waals surface area contributed by atoms with E-state index in [-0.39, 0.29) is 11.8 Å². The number of rotatable bonds is 6. The Bertz CT molecular complexity index is 1010. The molecule has 5 N–H and O–H groups in total. The zero-order valence-corrected chi connectivity index (χ0v) is 15.8. The number of nitrogens with two attached hydrogens (primary N) is 1. The van der Waals surface area contributed by atoms with Crippen molar-refractivity contribution in [3.8, 4) is 6.01 Å². The number of ether oxygens (including phenoxy) is 2. The molecule has 4 rings (SSSR count). The van der Waals surface area contributed by atoms with E-state index in [0.717, 1.165) is 5.56 Å². The van der Waals surface area contributed by atoms with E-state index in [2.05, 4.69) is 15.0 Å². The fourth-order valence-electron chi connectivity index (χ4n) is 3.42. The second kappa shape index (κ2) is 7.91. The predicted octanol–water partition coefficient (Wildman–Crippen LogP) is -0.0501. The maximum Gasteiger partial charge on any atom is 0.320 e. The minimum atomic E-state index is -1.26. The largest absolute Gasteiger partial charge is 0.463 e. The van der Waals surface area contributed by atoms with Gasteiger partial charge in [-0.1, -0.05) is 24.3 Å². The summed E-state index contributed by atoms with van der Waals surface area (Å²) in [5.41, 5.74) is 8.96. The zero-order valence-electron chi connectivity index (χ0n) is 15.8. The number of imidazole rings is 1. The molecule has 0 amide bonds. The lowest BCUT2D eigenvalue weighted by Gasteiger charge is -2.16. The van der Waals surface area contributed by atoms with Gasteiger partial charge in [0.2, 0.25) is 0 Å². The molecule has 1 aliphatic heterocycles. The van der Waals surface area contributed by atoms with Crippen LogP contribution >= 0.6 is 0 Å². The van der Waals surface area contributed by atoms with Gasteiger partial charge in [-0.2, -0.15) is 9.97 Å². The van der Waals surface area contributed by atoms with E-state index in [1.165, 1.54) is 16.5 Å². The van der Waals surface area contributed by atoms with Gasteiger partial charge in [-0.05, 0) is 18.1 Å². The summed E-state index contributed by atoms with van der Waals surface area (Å²) in [6.45, 7) is 1.97. The number of nitrogen functional groups attached to an aromatic ring is 1. The van der Waals surface area contributed by atoms with Gasteiger partial charge in [0.05, 0.1) is 19.5 Å². The Balaban J connectivity index is 1.56. The van der Waals surface area contributed by atoms with Gasteiger partial charge in [0.25, 0.3) is 0 Å². The highest BCUT2D eigenvalue weighted by molar-refractivity contribution is 5.82. The molecule has 0 saturated carbocycles. The van der Waals surface area contributed by atoms with Crippen LogP contribution in [0.25, 0.3) is 11.2 Å². The summed E-state index contributed by atoms with van der Waals surface area (Å²) in [5.74, 6) is 0.131. The average Bonchev–Trinajstić information content (AvgIpc) is 3.25. The van der Waals surface area contributed by atoms with E-state index in [9.17, 15) is 15.3 Å². The lowest BCUT2D eigenvalue weighted by molar-refractivity contribution is -0.0511. The highest BCUT2D eigenvalue weighted by Gasteiger charge is 2.44. The number of fused-ring (bicyclic) bond motifs is 1. The van der Waals surface area contributed by atoms with E-state index in [0.29, 0.717) is 24.2 Å². The molecule has 0 spiro atoms. The maximum absolute atomic E-state index is 10.3. The third-order valence-corrected chi connectivity index (χ3v) is 5.08. The van der Waals surface area contributed by atoms with Crippen LogP contribution in [0.4, 0.5) is 5.82 Å². The Morgan fingerprint density at radius 1 is 1.21 bits per heavy atom. The normalized spacial score (nSPS) is 24.3. The number of nitrogens with zero attached hydrogens (tertiary/aromatic N) is 4. The highest BCUT2D eigenvalue weighted by Crippen LogP contribution is 2.32. The summed E-state index contributed by atoms with van der Waals surface area (Å²) in [4.78, 5) is 12.7. The Morgan fingerprint density at radius 3 is 2.72 bits per heavy atom. The standard InChI is InChI=1S/C19H23N5O5/c1-10-4-2-3-5-11(10)6-7-28-19-22-16(20)13-17(23-19)24(9-21-13)18-15(27)14(26)12(8-25)29-18/h2-5,9,12,14-15,18,25-27H,6-8H2,1H3,(H2,20,22,23)/t12-,14-,15-,18-/m1/s1. The Kier molecular flexibility index (Phi) is 5.33. The third kappa shape index (κ3) is 3.62. The van der Waals surface area contributed by atoms with Crippen LogP contribution < -0.4 is 10.5 Å². The van der Waals surface area contributed by atoms with Crippen LogP contribution in [0.2, 0.25) is 0 Å². The van der Waals surface area contributed by atoms with Crippen molar-refractivity contribution in [3.05, 3.63) is 41.7 Å². The second-order valence-electron chi connectivity index (χ2n) is 6.97. The molecule has 0 aliphatic carbocycles. The summed E-state index contributed by atoms with van der Waals surface area (Å²) in [7, 11) is 0. The van der Waals surface area contributed by atoms with Crippen LogP contribution in [0.5, 0.6) is 6.01 Å². The highest BCUT2D eigenvalue weighted by atomic mass is 16.6. The SMILES string of the molecule is Cc1ccccc1CCOc1nc(N)c2ncn([C@@H]3O[C@H](CO)[C@@H](O)[C@H]3O)c2n1. The van der Waals surface area contributed by atoms with Gasteiger partial charge in [-0.3, -0.25) is 4.57 Å². The molecule has 0 unspecified atom stereocenters. The fraction of sp³-hybridized carbons (Fsp3) is 0.421. The molecule has 1 saturated heterocycles. The van der Waals surface area contributed by atoms with Crippen molar-refractivity contribution in [2.45, 2.75) is 37.9 Å². The van der Waals surface area contributed by atoms with Crippen molar-refractivity contribution < 1.29 is 24.8 Å². The first-order valence-corrected chi connectivity index (χ1v) is 9.29. The van der Waals surface area contributed by atoms with Gasteiger partial charge in [-0.15, -0.1) is 0 Å². The molecule has 3 heterocycles. The Hall–Kier alpha value is -2.79. The molecule has 0 radical (unpaired) electrons. The van der Waals surface area contributed by atoms with Gasteiger partial charge >= 0.3 is 6.01 Å². The summed E-state index contributed by atoms with van der Waals surface area (Å²) in [5, 5.41) is 29.6. The molecular formula is C19H23N5O5. The van der Waals surface area contributed by atoms with Crippen LogP contribution in [-0.2, 0) is 11.2 Å². The van der Waals surface area contributed by atoms with E-state index in [4.69, 9.17) is 15.2 Å². The van der Waals surface area contributed by atoms with Gasteiger partial charge in [0, 0.05) is 6.42 Å². The number of hydrogen-bond donors (Lipinski definition) is 4. The number of anilines is 1. The molecule has 154 valence electrons. The molecule has 1 fully saturated rings. The second-order valence-corrected chi connectivity index (χ2v) is 6.97. The van der Waals surface area contributed by atoms with Crippen molar-refractivity contribution in [2.24, 2.45) is 0 Å². The molecule has 4 atom stereocenters. The van der Waals surface area contributed by atoms with E-state index in [1.54, 1.807) is 0 Å². The molecule has 10 nitrogen and oxygen atoms in total.